The number of carbonyl (C=O) groups excluding carboxylic acids is 2. The maximum absolute atomic E-state index is 12.3. The normalized spacial score (nSPS) is 10.6. The van der Waals surface area contributed by atoms with E-state index in [9.17, 15) is 9.59 Å². The van der Waals surface area contributed by atoms with E-state index >= 15 is 0 Å². The van der Waals surface area contributed by atoms with Crippen molar-refractivity contribution in [3.05, 3.63) is 94.9 Å². The molecule has 0 saturated carbocycles. The summed E-state index contributed by atoms with van der Waals surface area (Å²) in [6, 6.07) is 23.7. The van der Waals surface area contributed by atoms with Crippen LogP contribution in [0.15, 0.2) is 78.2 Å². The van der Waals surface area contributed by atoms with Crippen LogP contribution in [0, 0.1) is 13.8 Å². The number of benzene rings is 3. The van der Waals surface area contributed by atoms with Crippen LogP contribution >= 0.6 is 11.3 Å². The zero-order valence-corrected chi connectivity index (χ0v) is 18.6. The van der Waals surface area contributed by atoms with Crippen molar-refractivity contribution in [2.45, 2.75) is 13.8 Å². The van der Waals surface area contributed by atoms with Crippen LogP contribution < -0.4 is 5.32 Å². The number of rotatable bonds is 6. The fraction of sp³-hybridized carbons (Fsp3) is 0.115. The largest absolute Gasteiger partial charge is 0.452 e. The lowest BCUT2D eigenvalue weighted by Gasteiger charge is -2.08. The molecule has 1 N–H and O–H groups in total. The molecule has 0 aliphatic heterocycles. The lowest BCUT2D eigenvalue weighted by Crippen LogP contribution is -2.21. The molecule has 1 amide bonds. The summed E-state index contributed by atoms with van der Waals surface area (Å²) in [5.74, 6) is -0.941. The molecule has 0 aliphatic rings. The van der Waals surface area contributed by atoms with Crippen LogP contribution in [0.2, 0.25) is 0 Å². The van der Waals surface area contributed by atoms with Gasteiger partial charge in [-0.15, -0.1) is 11.3 Å². The Kier molecular flexibility index (Phi) is 6.42. The van der Waals surface area contributed by atoms with Crippen LogP contribution in [0.4, 0.5) is 5.13 Å². The van der Waals surface area contributed by atoms with E-state index in [0.29, 0.717) is 10.7 Å². The minimum Gasteiger partial charge on any atom is -0.452 e. The summed E-state index contributed by atoms with van der Waals surface area (Å²) in [7, 11) is 0. The van der Waals surface area contributed by atoms with Crippen molar-refractivity contribution in [1.29, 1.82) is 0 Å². The molecule has 5 nitrogen and oxygen atoms in total. The van der Waals surface area contributed by atoms with E-state index in [1.54, 1.807) is 12.1 Å². The second-order valence-electron chi connectivity index (χ2n) is 7.35. The molecule has 0 unspecified atom stereocenters. The van der Waals surface area contributed by atoms with Crippen molar-refractivity contribution in [2.75, 3.05) is 11.9 Å². The average Bonchev–Trinajstić information content (AvgIpc) is 3.28. The standard InChI is InChI=1S/C26H22N2O3S/c1-17-7-6-10-22(18(17)2)25(30)31-15-24(29)28-26-27-23(16-32-26)21-13-11-20(12-14-21)19-8-4-3-5-9-19/h3-14,16H,15H2,1-2H3,(H,27,28,29). The highest BCUT2D eigenvalue weighted by Crippen LogP contribution is 2.27. The number of esters is 1. The second kappa shape index (κ2) is 9.58. The van der Waals surface area contributed by atoms with Gasteiger partial charge in [0.25, 0.3) is 5.91 Å². The molecule has 1 aromatic heterocycles. The Morgan fingerprint density at radius 1 is 0.875 bits per heavy atom. The Labute approximate surface area is 190 Å². The van der Waals surface area contributed by atoms with Gasteiger partial charge >= 0.3 is 5.97 Å². The van der Waals surface area contributed by atoms with Gasteiger partial charge in [-0.3, -0.25) is 10.1 Å². The molecule has 3 aromatic carbocycles. The van der Waals surface area contributed by atoms with E-state index in [4.69, 9.17) is 4.74 Å². The van der Waals surface area contributed by atoms with Crippen LogP contribution in [-0.2, 0) is 9.53 Å². The minimum absolute atomic E-state index is 0.368. The lowest BCUT2D eigenvalue weighted by molar-refractivity contribution is -0.119. The molecule has 0 bridgehead atoms. The highest BCUT2D eigenvalue weighted by atomic mass is 32.1. The molecule has 0 radical (unpaired) electrons. The highest BCUT2D eigenvalue weighted by Gasteiger charge is 2.14. The predicted molar refractivity (Wildman–Crippen MR) is 128 cm³/mol. The minimum atomic E-state index is -0.514. The number of aryl methyl sites for hydroxylation is 1. The topological polar surface area (TPSA) is 68.3 Å². The number of hydrogen-bond donors (Lipinski definition) is 1. The molecule has 4 rings (SSSR count). The Morgan fingerprint density at radius 2 is 1.56 bits per heavy atom. The first-order valence-corrected chi connectivity index (χ1v) is 11.0. The summed E-state index contributed by atoms with van der Waals surface area (Å²) in [6.07, 6.45) is 0. The summed E-state index contributed by atoms with van der Waals surface area (Å²) in [4.78, 5) is 29.0. The van der Waals surface area contributed by atoms with Crippen LogP contribution in [-0.4, -0.2) is 23.5 Å². The number of aromatic nitrogens is 1. The van der Waals surface area contributed by atoms with Gasteiger partial charge in [0.2, 0.25) is 0 Å². The molecule has 6 heteroatoms. The summed E-state index contributed by atoms with van der Waals surface area (Å²) in [5.41, 5.74) is 6.33. The van der Waals surface area contributed by atoms with Gasteiger partial charge < -0.3 is 4.74 Å². The van der Waals surface area contributed by atoms with Gasteiger partial charge in [-0.05, 0) is 42.2 Å². The van der Waals surface area contributed by atoms with E-state index in [2.05, 4.69) is 34.6 Å². The number of hydrogen-bond acceptors (Lipinski definition) is 5. The van der Waals surface area contributed by atoms with E-state index in [0.717, 1.165) is 33.5 Å². The maximum atomic E-state index is 12.3. The van der Waals surface area contributed by atoms with Crippen molar-refractivity contribution in [1.82, 2.24) is 4.98 Å². The first-order chi connectivity index (χ1) is 15.5. The number of anilines is 1. The third-order valence-electron chi connectivity index (χ3n) is 5.20. The number of thiazole rings is 1. The SMILES string of the molecule is Cc1cccc(C(=O)OCC(=O)Nc2nc(-c3ccc(-c4ccccc4)cc3)cs2)c1C. The molecular formula is C26H22N2O3S. The molecule has 160 valence electrons. The van der Waals surface area contributed by atoms with Crippen LogP contribution in [0.5, 0.6) is 0 Å². The molecule has 0 spiro atoms. The van der Waals surface area contributed by atoms with Gasteiger partial charge in [0.05, 0.1) is 11.3 Å². The number of amides is 1. The van der Waals surface area contributed by atoms with E-state index in [1.807, 2.05) is 55.6 Å². The number of ether oxygens (including phenoxy) is 1. The summed E-state index contributed by atoms with van der Waals surface area (Å²) >= 11 is 1.32. The van der Waals surface area contributed by atoms with Crippen molar-refractivity contribution in [3.8, 4) is 22.4 Å². The van der Waals surface area contributed by atoms with Gasteiger partial charge in [0.1, 0.15) is 0 Å². The van der Waals surface area contributed by atoms with Crippen LogP contribution in [0.25, 0.3) is 22.4 Å². The average molecular weight is 443 g/mol. The van der Waals surface area contributed by atoms with E-state index in [1.165, 1.54) is 11.3 Å². The Balaban J connectivity index is 1.35. The first kappa shape index (κ1) is 21.5. The van der Waals surface area contributed by atoms with Gasteiger partial charge in [-0.25, -0.2) is 9.78 Å². The molecule has 0 saturated heterocycles. The van der Waals surface area contributed by atoms with Crippen molar-refractivity contribution in [3.63, 3.8) is 0 Å². The van der Waals surface area contributed by atoms with Gasteiger partial charge in [-0.1, -0.05) is 66.7 Å². The number of carbonyl (C=O) groups is 2. The van der Waals surface area contributed by atoms with E-state index < -0.39 is 11.9 Å². The number of nitrogens with one attached hydrogen (secondary N) is 1. The summed E-state index contributed by atoms with van der Waals surface area (Å²) < 4.78 is 5.17. The van der Waals surface area contributed by atoms with Crippen LogP contribution in [0.1, 0.15) is 21.5 Å². The Hall–Kier alpha value is -3.77. The van der Waals surface area contributed by atoms with Gasteiger partial charge in [0, 0.05) is 10.9 Å². The zero-order chi connectivity index (χ0) is 22.5. The quantitative estimate of drug-likeness (QED) is 0.378. The lowest BCUT2D eigenvalue weighted by atomic mass is 10.0. The Bertz CT molecular complexity index is 1250. The first-order valence-electron chi connectivity index (χ1n) is 10.2. The monoisotopic (exact) mass is 442 g/mol. The molecule has 0 atom stereocenters. The van der Waals surface area contributed by atoms with Crippen molar-refractivity contribution >= 4 is 28.3 Å². The zero-order valence-electron chi connectivity index (χ0n) is 17.8. The predicted octanol–water partition coefficient (Wildman–Crippen LogP) is 5.89. The van der Waals surface area contributed by atoms with Crippen LogP contribution in [0.3, 0.4) is 0 Å². The third kappa shape index (κ3) is 4.92. The molecular weight excluding hydrogens is 420 g/mol. The summed E-state index contributed by atoms with van der Waals surface area (Å²) in [5, 5.41) is 5.04. The molecule has 1 heterocycles. The molecule has 4 aromatic rings. The van der Waals surface area contributed by atoms with E-state index in [-0.39, 0.29) is 6.61 Å². The van der Waals surface area contributed by atoms with Crippen molar-refractivity contribution in [2.24, 2.45) is 0 Å². The summed E-state index contributed by atoms with van der Waals surface area (Å²) in [6.45, 7) is 3.41. The van der Waals surface area contributed by atoms with Gasteiger partial charge in [0.15, 0.2) is 11.7 Å². The molecule has 0 aliphatic carbocycles. The molecule has 32 heavy (non-hydrogen) atoms. The number of nitrogens with zero attached hydrogens (tertiary/aromatic N) is 1. The highest BCUT2D eigenvalue weighted by molar-refractivity contribution is 7.14. The van der Waals surface area contributed by atoms with Crippen molar-refractivity contribution < 1.29 is 14.3 Å². The third-order valence-corrected chi connectivity index (χ3v) is 5.95. The fourth-order valence-electron chi connectivity index (χ4n) is 3.26. The molecule has 0 fully saturated rings. The smallest absolute Gasteiger partial charge is 0.338 e. The fourth-order valence-corrected chi connectivity index (χ4v) is 4.00. The second-order valence-corrected chi connectivity index (χ2v) is 8.21. The van der Waals surface area contributed by atoms with Gasteiger partial charge in [-0.2, -0.15) is 0 Å². The Morgan fingerprint density at radius 3 is 2.31 bits per heavy atom. The maximum Gasteiger partial charge on any atom is 0.338 e.